The van der Waals surface area contributed by atoms with E-state index in [0.29, 0.717) is 5.56 Å². The fourth-order valence-electron chi connectivity index (χ4n) is 2.02. The van der Waals surface area contributed by atoms with Crippen LogP contribution in [0, 0.1) is 22.9 Å². The van der Waals surface area contributed by atoms with Crippen molar-refractivity contribution in [3.63, 3.8) is 0 Å². The number of para-hydroxylation sites is 2. The van der Waals surface area contributed by atoms with Gasteiger partial charge in [0.2, 0.25) is 5.75 Å². The molecule has 1 atom stereocenters. The van der Waals surface area contributed by atoms with Gasteiger partial charge >= 0.3 is 5.69 Å². The number of aliphatic hydroxyl groups excluding tert-OH is 1. The Labute approximate surface area is 120 Å². The van der Waals surface area contributed by atoms with Crippen molar-refractivity contribution in [1.82, 2.24) is 0 Å². The minimum absolute atomic E-state index is 0.0630. The molecule has 0 amide bonds. The van der Waals surface area contributed by atoms with Crippen molar-refractivity contribution >= 4 is 5.69 Å². The Morgan fingerprint density at radius 3 is 2.57 bits per heavy atom. The van der Waals surface area contributed by atoms with Gasteiger partial charge in [0.1, 0.15) is 0 Å². The Kier molecular flexibility index (Phi) is 4.18. The number of nitrogens with zero attached hydrogens (tertiary/aromatic N) is 1. The summed E-state index contributed by atoms with van der Waals surface area (Å²) in [6.45, 7) is 3.04. The molecule has 2 aromatic carbocycles. The third kappa shape index (κ3) is 3.00. The first-order chi connectivity index (χ1) is 9.91. The number of hydrogen-bond donors (Lipinski definition) is 1. The Hall–Kier alpha value is -2.47. The van der Waals surface area contributed by atoms with E-state index in [4.69, 9.17) is 4.74 Å². The van der Waals surface area contributed by atoms with Gasteiger partial charge in [-0.15, -0.1) is 0 Å². The molecule has 2 rings (SSSR count). The van der Waals surface area contributed by atoms with E-state index < -0.39 is 16.8 Å². The normalized spacial score (nSPS) is 12.0. The van der Waals surface area contributed by atoms with Gasteiger partial charge < -0.3 is 9.84 Å². The van der Waals surface area contributed by atoms with Crippen LogP contribution in [0.25, 0.3) is 0 Å². The summed E-state index contributed by atoms with van der Waals surface area (Å²) in [6, 6.07) is 8.66. The molecule has 1 N–H and O–H groups in total. The van der Waals surface area contributed by atoms with E-state index in [1.807, 2.05) is 0 Å². The van der Waals surface area contributed by atoms with Crippen LogP contribution in [0.3, 0.4) is 0 Å². The zero-order valence-corrected chi connectivity index (χ0v) is 11.5. The molecule has 0 saturated heterocycles. The average Bonchev–Trinajstić information content (AvgIpc) is 2.40. The average molecular weight is 291 g/mol. The van der Waals surface area contributed by atoms with Crippen molar-refractivity contribution in [2.45, 2.75) is 20.0 Å². The quantitative estimate of drug-likeness (QED) is 0.685. The summed E-state index contributed by atoms with van der Waals surface area (Å²) in [5, 5.41) is 20.8. The number of hydrogen-bond acceptors (Lipinski definition) is 4. The number of nitro benzene ring substituents is 1. The van der Waals surface area contributed by atoms with Gasteiger partial charge in [0.15, 0.2) is 11.6 Å². The summed E-state index contributed by atoms with van der Waals surface area (Å²) in [4.78, 5) is 10.5. The van der Waals surface area contributed by atoms with Crippen LogP contribution in [-0.2, 0) is 0 Å². The molecule has 0 aliphatic heterocycles. The molecule has 0 radical (unpaired) electrons. The molecule has 0 fully saturated rings. The molecule has 0 unspecified atom stereocenters. The second-order valence-electron chi connectivity index (χ2n) is 4.61. The van der Waals surface area contributed by atoms with E-state index in [0.717, 1.165) is 0 Å². The van der Waals surface area contributed by atoms with Crippen LogP contribution in [0.15, 0.2) is 36.4 Å². The monoisotopic (exact) mass is 291 g/mol. The number of aryl methyl sites for hydroxylation is 1. The molecule has 0 aromatic heterocycles. The van der Waals surface area contributed by atoms with Crippen LogP contribution in [0.2, 0.25) is 0 Å². The minimum Gasteiger partial charge on any atom is -0.447 e. The van der Waals surface area contributed by atoms with Crippen LogP contribution in [0.4, 0.5) is 10.1 Å². The highest BCUT2D eigenvalue weighted by Gasteiger charge is 2.22. The molecular weight excluding hydrogens is 277 g/mol. The largest absolute Gasteiger partial charge is 0.447 e. The molecule has 2 aromatic rings. The summed E-state index contributed by atoms with van der Waals surface area (Å²) < 4.78 is 19.3. The predicted octanol–water partition coefficient (Wildman–Crippen LogP) is 3.89. The van der Waals surface area contributed by atoms with Gasteiger partial charge in [-0.05, 0) is 26.0 Å². The van der Waals surface area contributed by atoms with Crippen molar-refractivity contribution in [2.24, 2.45) is 0 Å². The van der Waals surface area contributed by atoms with Gasteiger partial charge in [-0.1, -0.05) is 24.3 Å². The van der Waals surface area contributed by atoms with Crippen molar-refractivity contribution in [2.75, 3.05) is 0 Å². The molecule has 0 heterocycles. The number of halogens is 1. The number of benzene rings is 2. The van der Waals surface area contributed by atoms with Gasteiger partial charge in [0, 0.05) is 11.1 Å². The van der Waals surface area contributed by atoms with E-state index in [1.165, 1.54) is 31.2 Å². The highest BCUT2D eigenvalue weighted by Crippen LogP contribution is 2.37. The second kappa shape index (κ2) is 5.88. The van der Waals surface area contributed by atoms with Crippen molar-refractivity contribution in [3.05, 3.63) is 63.5 Å². The first kappa shape index (κ1) is 14.9. The third-order valence-electron chi connectivity index (χ3n) is 3.04. The van der Waals surface area contributed by atoms with Crippen LogP contribution in [0.1, 0.15) is 24.2 Å². The smallest absolute Gasteiger partial charge is 0.314 e. The maximum Gasteiger partial charge on any atom is 0.314 e. The first-order valence-electron chi connectivity index (χ1n) is 6.30. The van der Waals surface area contributed by atoms with Crippen LogP contribution < -0.4 is 4.74 Å². The summed E-state index contributed by atoms with van der Waals surface area (Å²) in [5.41, 5.74) is 0.413. The lowest BCUT2D eigenvalue weighted by molar-refractivity contribution is -0.386. The lowest BCUT2D eigenvalue weighted by Gasteiger charge is -2.14. The maximum absolute atomic E-state index is 13.9. The summed E-state index contributed by atoms with van der Waals surface area (Å²) >= 11 is 0. The van der Waals surface area contributed by atoms with Gasteiger partial charge in [0.25, 0.3) is 0 Å². The summed E-state index contributed by atoms with van der Waals surface area (Å²) in [7, 11) is 0. The van der Waals surface area contributed by atoms with Gasteiger partial charge in [-0.3, -0.25) is 10.1 Å². The van der Waals surface area contributed by atoms with E-state index in [-0.39, 0.29) is 22.7 Å². The van der Waals surface area contributed by atoms with Crippen LogP contribution >= 0.6 is 0 Å². The van der Waals surface area contributed by atoms with E-state index in [1.54, 1.807) is 19.1 Å². The Bertz CT molecular complexity index is 685. The Morgan fingerprint density at radius 1 is 1.29 bits per heavy atom. The lowest BCUT2D eigenvalue weighted by Crippen LogP contribution is -2.01. The third-order valence-corrected chi connectivity index (χ3v) is 3.04. The van der Waals surface area contributed by atoms with E-state index >= 15 is 0 Å². The number of aliphatic hydroxyl groups is 1. The number of rotatable bonds is 4. The molecule has 6 heteroatoms. The zero-order chi connectivity index (χ0) is 15.6. The highest BCUT2D eigenvalue weighted by molar-refractivity contribution is 5.54. The fourth-order valence-corrected chi connectivity index (χ4v) is 2.02. The van der Waals surface area contributed by atoms with Crippen molar-refractivity contribution < 1.29 is 19.2 Å². The number of ether oxygens (including phenoxy) is 1. The molecular formula is C15H14FNO4. The molecule has 5 nitrogen and oxygen atoms in total. The number of nitro groups is 1. The second-order valence-corrected chi connectivity index (χ2v) is 4.61. The standard InChI is InChI=1S/C15H14FNO4/c1-9-5-3-8-13(14(9)17(19)20)21-15-11(10(2)18)6-4-7-12(15)16/h3-8,10,18H,1-2H3/t10-/m0/s1. The highest BCUT2D eigenvalue weighted by atomic mass is 19.1. The topological polar surface area (TPSA) is 72.6 Å². The predicted molar refractivity (Wildman–Crippen MR) is 74.9 cm³/mol. The molecule has 0 bridgehead atoms. The first-order valence-corrected chi connectivity index (χ1v) is 6.30. The maximum atomic E-state index is 13.9. The van der Waals surface area contributed by atoms with Crippen LogP contribution in [-0.4, -0.2) is 10.0 Å². The zero-order valence-electron chi connectivity index (χ0n) is 11.5. The fraction of sp³-hybridized carbons (Fsp3) is 0.200. The molecule has 0 saturated carbocycles. The van der Waals surface area contributed by atoms with Crippen molar-refractivity contribution in [1.29, 1.82) is 0 Å². The SMILES string of the molecule is Cc1cccc(Oc2c(F)cccc2[C@H](C)O)c1[N+](=O)[O-]. The Balaban J connectivity index is 2.54. The van der Waals surface area contributed by atoms with Crippen LogP contribution in [0.5, 0.6) is 11.5 Å². The van der Waals surface area contributed by atoms with Gasteiger partial charge in [-0.25, -0.2) is 4.39 Å². The molecule has 0 aliphatic carbocycles. The van der Waals surface area contributed by atoms with E-state index in [2.05, 4.69) is 0 Å². The van der Waals surface area contributed by atoms with Gasteiger partial charge in [-0.2, -0.15) is 0 Å². The summed E-state index contributed by atoms with van der Waals surface area (Å²) in [5.74, 6) is -0.961. The van der Waals surface area contributed by atoms with Gasteiger partial charge in [0.05, 0.1) is 11.0 Å². The molecule has 0 spiro atoms. The van der Waals surface area contributed by atoms with Crippen molar-refractivity contribution in [3.8, 4) is 11.5 Å². The summed E-state index contributed by atoms with van der Waals surface area (Å²) in [6.07, 6.45) is -0.959. The Morgan fingerprint density at radius 2 is 1.95 bits per heavy atom. The molecule has 110 valence electrons. The molecule has 0 aliphatic rings. The molecule has 21 heavy (non-hydrogen) atoms. The van der Waals surface area contributed by atoms with E-state index in [9.17, 15) is 19.6 Å². The minimum atomic E-state index is -0.959. The lowest BCUT2D eigenvalue weighted by atomic mass is 10.1.